The second kappa shape index (κ2) is 3.46. The quantitative estimate of drug-likeness (QED) is 0.742. The molecule has 0 unspecified atom stereocenters. The Balaban J connectivity index is 2.49. The van der Waals surface area contributed by atoms with Crippen molar-refractivity contribution in [1.29, 1.82) is 0 Å². The predicted octanol–water partition coefficient (Wildman–Crippen LogP) is 2.16. The third-order valence-corrected chi connectivity index (χ3v) is 1.90. The Morgan fingerprint density at radius 2 is 2.07 bits per heavy atom. The van der Waals surface area contributed by atoms with Crippen LogP contribution < -0.4 is 0 Å². The summed E-state index contributed by atoms with van der Waals surface area (Å²) in [5, 5.41) is 9.30. The minimum absolute atomic E-state index is 0.241. The van der Waals surface area contributed by atoms with Crippen molar-refractivity contribution in [2.45, 2.75) is 6.92 Å². The number of phenolic OH excluding ortho intramolecular Hbond substituents is 1. The summed E-state index contributed by atoms with van der Waals surface area (Å²) in [6, 6.07) is 6.98. The molecule has 1 aromatic heterocycles. The maximum atomic E-state index is 9.30. The molecule has 0 fully saturated rings. The minimum atomic E-state index is 0.241. The largest absolute Gasteiger partial charge is 0.508 e. The Labute approximate surface area is 82.1 Å². The van der Waals surface area contributed by atoms with Crippen LogP contribution in [0.25, 0.3) is 11.3 Å². The van der Waals surface area contributed by atoms with Crippen molar-refractivity contribution in [3.63, 3.8) is 0 Å². The highest BCUT2D eigenvalue weighted by atomic mass is 16.3. The first-order chi connectivity index (χ1) is 6.75. The van der Waals surface area contributed by atoms with Gasteiger partial charge in [-0.2, -0.15) is 0 Å². The molecule has 0 aliphatic carbocycles. The summed E-state index contributed by atoms with van der Waals surface area (Å²) in [4.78, 5) is 8.36. The third kappa shape index (κ3) is 1.71. The number of nitrogens with zero attached hydrogens (tertiary/aromatic N) is 2. The highest BCUT2D eigenvalue weighted by Gasteiger charge is 2.00. The highest BCUT2D eigenvalue weighted by molar-refractivity contribution is 5.59. The second-order valence-electron chi connectivity index (χ2n) is 3.10. The molecule has 0 saturated carbocycles. The summed E-state index contributed by atoms with van der Waals surface area (Å²) in [5.74, 6) is 0.241. The van der Waals surface area contributed by atoms with Gasteiger partial charge >= 0.3 is 0 Å². The number of benzene rings is 1. The topological polar surface area (TPSA) is 46.0 Å². The van der Waals surface area contributed by atoms with Gasteiger partial charge in [0, 0.05) is 11.8 Å². The minimum Gasteiger partial charge on any atom is -0.508 e. The van der Waals surface area contributed by atoms with Crippen LogP contribution in [0.2, 0.25) is 0 Å². The van der Waals surface area contributed by atoms with Crippen molar-refractivity contribution < 1.29 is 5.11 Å². The fourth-order valence-electron chi connectivity index (χ4n) is 1.27. The Bertz CT molecular complexity index is 411. The summed E-state index contributed by atoms with van der Waals surface area (Å²) < 4.78 is 0. The first-order valence-corrected chi connectivity index (χ1v) is 4.34. The van der Waals surface area contributed by atoms with E-state index in [4.69, 9.17) is 0 Å². The van der Waals surface area contributed by atoms with Gasteiger partial charge in [-0.1, -0.05) is 12.1 Å². The lowest BCUT2D eigenvalue weighted by molar-refractivity contribution is 0.475. The van der Waals surface area contributed by atoms with Crippen LogP contribution in [-0.4, -0.2) is 15.1 Å². The molecule has 70 valence electrons. The van der Waals surface area contributed by atoms with E-state index in [2.05, 4.69) is 9.97 Å². The molecule has 0 amide bonds. The average molecular weight is 186 g/mol. The van der Waals surface area contributed by atoms with Crippen LogP contribution in [-0.2, 0) is 0 Å². The van der Waals surface area contributed by atoms with Crippen molar-refractivity contribution in [3.8, 4) is 17.0 Å². The first kappa shape index (κ1) is 8.69. The molecule has 0 bridgehead atoms. The fourth-order valence-corrected chi connectivity index (χ4v) is 1.27. The van der Waals surface area contributed by atoms with Crippen molar-refractivity contribution in [1.82, 2.24) is 9.97 Å². The molecule has 2 aromatic rings. The molecule has 3 nitrogen and oxygen atoms in total. The van der Waals surface area contributed by atoms with E-state index in [1.807, 2.05) is 13.0 Å². The van der Waals surface area contributed by atoms with E-state index in [0.717, 1.165) is 17.0 Å². The molecule has 0 aliphatic heterocycles. The van der Waals surface area contributed by atoms with E-state index < -0.39 is 0 Å². The third-order valence-electron chi connectivity index (χ3n) is 1.90. The molecule has 0 radical (unpaired) electrons. The van der Waals surface area contributed by atoms with E-state index in [1.165, 1.54) is 0 Å². The second-order valence-corrected chi connectivity index (χ2v) is 3.10. The molecule has 1 aromatic carbocycles. The Morgan fingerprint density at radius 3 is 2.79 bits per heavy atom. The van der Waals surface area contributed by atoms with Gasteiger partial charge in [0.1, 0.15) is 5.75 Å². The molecular weight excluding hydrogens is 176 g/mol. The van der Waals surface area contributed by atoms with Crippen LogP contribution in [0.15, 0.2) is 36.7 Å². The van der Waals surface area contributed by atoms with Gasteiger partial charge in [0.15, 0.2) is 0 Å². The van der Waals surface area contributed by atoms with E-state index in [0.29, 0.717) is 0 Å². The lowest BCUT2D eigenvalue weighted by Crippen LogP contribution is -1.88. The normalized spacial score (nSPS) is 10.1. The van der Waals surface area contributed by atoms with E-state index in [-0.39, 0.29) is 5.75 Å². The van der Waals surface area contributed by atoms with Gasteiger partial charge in [-0.3, -0.25) is 4.98 Å². The number of phenols is 1. The average Bonchev–Trinajstić information content (AvgIpc) is 2.18. The first-order valence-electron chi connectivity index (χ1n) is 4.34. The van der Waals surface area contributed by atoms with Crippen molar-refractivity contribution in [3.05, 3.63) is 42.4 Å². The zero-order valence-electron chi connectivity index (χ0n) is 7.81. The molecular formula is C11H10N2O. The number of aromatic nitrogens is 2. The fraction of sp³-hybridized carbons (Fsp3) is 0.0909. The van der Waals surface area contributed by atoms with Crippen LogP contribution in [0.1, 0.15) is 5.69 Å². The molecule has 2 rings (SSSR count). The van der Waals surface area contributed by atoms with Crippen LogP contribution >= 0.6 is 0 Å². The van der Waals surface area contributed by atoms with Gasteiger partial charge in [0.05, 0.1) is 17.6 Å². The standard InChI is InChI=1S/C11H10N2O/c1-8-6-12-7-11(13-8)9-3-2-4-10(14)5-9/h2-7,14H,1H3. The van der Waals surface area contributed by atoms with E-state index >= 15 is 0 Å². The Morgan fingerprint density at radius 1 is 1.21 bits per heavy atom. The maximum Gasteiger partial charge on any atom is 0.116 e. The number of rotatable bonds is 1. The number of aryl methyl sites for hydroxylation is 1. The van der Waals surface area contributed by atoms with Crippen molar-refractivity contribution >= 4 is 0 Å². The smallest absolute Gasteiger partial charge is 0.116 e. The molecule has 3 heteroatoms. The molecule has 1 N–H and O–H groups in total. The number of hydrogen-bond acceptors (Lipinski definition) is 3. The van der Waals surface area contributed by atoms with Gasteiger partial charge in [0.2, 0.25) is 0 Å². The predicted molar refractivity (Wildman–Crippen MR) is 53.9 cm³/mol. The zero-order chi connectivity index (χ0) is 9.97. The SMILES string of the molecule is Cc1cncc(-c2cccc(O)c2)n1. The van der Waals surface area contributed by atoms with Gasteiger partial charge in [0.25, 0.3) is 0 Å². The maximum absolute atomic E-state index is 9.30. The van der Waals surface area contributed by atoms with Crippen molar-refractivity contribution in [2.24, 2.45) is 0 Å². The lowest BCUT2D eigenvalue weighted by atomic mass is 10.1. The summed E-state index contributed by atoms with van der Waals surface area (Å²) >= 11 is 0. The van der Waals surface area contributed by atoms with Crippen LogP contribution in [0, 0.1) is 6.92 Å². The summed E-state index contributed by atoms with van der Waals surface area (Å²) in [6.07, 6.45) is 3.38. The van der Waals surface area contributed by atoms with Gasteiger partial charge in [-0.05, 0) is 19.1 Å². The van der Waals surface area contributed by atoms with Crippen molar-refractivity contribution in [2.75, 3.05) is 0 Å². The molecule has 14 heavy (non-hydrogen) atoms. The summed E-state index contributed by atoms with van der Waals surface area (Å²) in [6.45, 7) is 1.89. The van der Waals surface area contributed by atoms with Crippen LogP contribution in [0.5, 0.6) is 5.75 Å². The monoisotopic (exact) mass is 186 g/mol. The van der Waals surface area contributed by atoms with Crippen LogP contribution in [0.4, 0.5) is 0 Å². The molecule has 0 saturated heterocycles. The zero-order valence-corrected chi connectivity index (χ0v) is 7.81. The lowest BCUT2D eigenvalue weighted by Gasteiger charge is -2.01. The van der Waals surface area contributed by atoms with E-state index in [1.54, 1.807) is 30.6 Å². The van der Waals surface area contributed by atoms with Gasteiger partial charge in [-0.25, -0.2) is 4.98 Å². The number of hydrogen-bond donors (Lipinski definition) is 1. The molecule has 1 heterocycles. The van der Waals surface area contributed by atoms with E-state index in [9.17, 15) is 5.11 Å². The molecule has 0 atom stereocenters. The number of aromatic hydroxyl groups is 1. The Kier molecular flexibility index (Phi) is 2.14. The van der Waals surface area contributed by atoms with Crippen LogP contribution in [0.3, 0.4) is 0 Å². The summed E-state index contributed by atoms with van der Waals surface area (Å²) in [7, 11) is 0. The Hall–Kier alpha value is -1.90. The van der Waals surface area contributed by atoms with Gasteiger partial charge < -0.3 is 5.11 Å². The summed E-state index contributed by atoms with van der Waals surface area (Å²) in [5.41, 5.74) is 2.52. The highest BCUT2D eigenvalue weighted by Crippen LogP contribution is 2.20. The molecule has 0 aliphatic rings. The van der Waals surface area contributed by atoms with Gasteiger partial charge in [-0.15, -0.1) is 0 Å². The molecule has 0 spiro atoms.